The molecule has 0 radical (unpaired) electrons. The Balaban J connectivity index is 1.77. The molecule has 0 atom stereocenters. The van der Waals surface area contributed by atoms with Crippen molar-refractivity contribution in [3.8, 4) is 28.2 Å². The predicted octanol–water partition coefficient (Wildman–Crippen LogP) is 5.22. The van der Waals surface area contributed by atoms with Crippen molar-refractivity contribution in [2.24, 2.45) is 0 Å². The molecule has 0 fully saturated rings. The van der Waals surface area contributed by atoms with Crippen LogP contribution < -0.4 is 0 Å². The van der Waals surface area contributed by atoms with E-state index < -0.39 is 0 Å². The fraction of sp³-hybridized carbons (Fsp3) is 0.0909. The molecule has 4 rings (SSSR count). The van der Waals surface area contributed by atoms with Crippen LogP contribution in [0.5, 0.6) is 0 Å². The van der Waals surface area contributed by atoms with Gasteiger partial charge in [0.05, 0.1) is 5.69 Å². The first-order chi connectivity index (χ1) is 12.2. The highest BCUT2D eigenvalue weighted by Gasteiger charge is 2.13. The van der Waals surface area contributed by atoms with Crippen molar-refractivity contribution in [2.45, 2.75) is 13.8 Å². The topological polar surface area (TPSA) is 30.7 Å². The number of hydrogen-bond acceptors (Lipinski definition) is 2. The van der Waals surface area contributed by atoms with Gasteiger partial charge in [-0.2, -0.15) is 5.10 Å². The number of hydrogen-bond donors (Lipinski definition) is 0. The van der Waals surface area contributed by atoms with Gasteiger partial charge in [0.15, 0.2) is 5.82 Å². The molecule has 0 amide bonds. The molecule has 0 bridgehead atoms. The van der Waals surface area contributed by atoms with Crippen LogP contribution in [0.3, 0.4) is 0 Å². The average Bonchev–Trinajstić information content (AvgIpc) is 3.04. The Morgan fingerprint density at radius 1 is 0.640 bits per heavy atom. The number of para-hydroxylation sites is 1. The van der Waals surface area contributed by atoms with Crippen LogP contribution in [-0.2, 0) is 0 Å². The lowest BCUT2D eigenvalue weighted by Gasteiger charge is -2.09. The highest BCUT2D eigenvalue weighted by molar-refractivity contribution is 5.68. The van der Waals surface area contributed by atoms with Crippen molar-refractivity contribution in [2.75, 3.05) is 0 Å². The maximum Gasteiger partial charge on any atom is 0.163 e. The SMILES string of the molecule is Cc1nc(-c2ccc(-c3ccccc3)cc2)n(-c2ccccc2C)n1. The Hall–Kier alpha value is -3.20. The van der Waals surface area contributed by atoms with Gasteiger partial charge in [-0.05, 0) is 36.6 Å². The summed E-state index contributed by atoms with van der Waals surface area (Å²) >= 11 is 0. The molecule has 3 heteroatoms. The van der Waals surface area contributed by atoms with Crippen molar-refractivity contribution < 1.29 is 0 Å². The first-order valence-electron chi connectivity index (χ1n) is 8.38. The molecule has 3 nitrogen and oxygen atoms in total. The summed E-state index contributed by atoms with van der Waals surface area (Å²) in [6.07, 6.45) is 0. The average molecular weight is 325 g/mol. The summed E-state index contributed by atoms with van der Waals surface area (Å²) in [5.41, 5.74) is 5.71. The van der Waals surface area contributed by atoms with Gasteiger partial charge in [0.1, 0.15) is 5.82 Å². The second kappa shape index (κ2) is 6.36. The van der Waals surface area contributed by atoms with Crippen molar-refractivity contribution in [3.05, 3.63) is 90.3 Å². The van der Waals surface area contributed by atoms with E-state index >= 15 is 0 Å². The lowest BCUT2D eigenvalue weighted by atomic mass is 10.0. The van der Waals surface area contributed by atoms with E-state index in [0.717, 1.165) is 22.9 Å². The van der Waals surface area contributed by atoms with Gasteiger partial charge in [-0.25, -0.2) is 9.67 Å². The third kappa shape index (κ3) is 2.96. The maximum atomic E-state index is 4.65. The van der Waals surface area contributed by atoms with Crippen LogP contribution in [0.4, 0.5) is 0 Å². The fourth-order valence-corrected chi connectivity index (χ4v) is 3.01. The van der Waals surface area contributed by atoms with E-state index in [2.05, 4.69) is 77.7 Å². The summed E-state index contributed by atoms with van der Waals surface area (Å²) in [7, 11) is 0. The fourth-order valence-electron chi connectivity index (χ4n) is 3.01. The largest absolute Gasteiger partial charge is 0.213 e. The van der Waals surface area contributed by atoms with Crippen LogP contribution in [0.1, 0.15) is 11.4 Å². The van der Waals surface area contributed by atoms with Crippen LogP contribution in [0, 0.1) is 13.8 Å². The van der Waals surface area contributed by atoms with E-state index in [-0.39, 0.29) is 0 Å². The van der Waals surface area contributed by atoms with Gasteiger partial charge >= 0.3 is 0 Å². The Bertz CT molecular complexity index is 999. The normalized spacial score (nSPS) is 10.8. The predicted molar refractivity (Wildman–Crippen MR) is 102 cm³/mol. The molecular weight excluding hydrogens is 306 g/mol. The zero-order chi connectivity index (χ0) is 17.2. The van der Waals surface area contributed by atoms with Gasteiger partial charge < -0.3 is 0 Å². The summed E-state index contributed by atoms with van der Waals surface area (Å²) in [6, 6.07) is 27.1. The lowest BCUT2D eigenvalue weighted by molar-refractivity contribution is 0.862. The molecule has 0 spiro atoms. The zero-order valence-electron chi connectivity index (χ0n) is 14.3. The molecular formula is C22H19N3. The minimum Gasteiger partial charge on any atom is -0.213 e. The standard InChI is InChI=1S/C22H19N3/c1-16-8-6-7-11-21(16)25-22(23-17(2)24-25)20-14-12-19(13-15-20)18-9-4-3-5-10-18/h3-15H,1-2H3. The van der Waals surface area contributed by atoms with Gasteiger partial charge in [0, 0.05) is 5.56 Å². The summed E-state index contributed by atoms with van der Waals surface area (Å²) in [6.45, 7) is 4.02. The Labute approximate surface area is 147 Å². The van der Waals surface area contributed by atoms with Crippen LogP contribution in [0.15, 0.2) is 78.9 Å². The van der Waals surface area contributed by atoms with E-state index in [0.29, 0.717) is 0 Å². The molecule has 0 aliphatic rings. The van der Waals surface area contributed by atoms with Crippen LogP contribution in [0.2, 0.25) is 0 Å². The number of aromatic nitrogens is 3. The molecule has 0 aliphatic carbocycles. The second-order valence-electron chi connectivity index (χ2n) is 6.12. The molecule has 0 saturated heterocycles. The molecule has 4 aromatic rings. The zero-order valence-corrected chi connectivity index (χ0v) is 14.3. The number of rotatable bonds is 3. The summed E-state index contributed by atoms with van der Waals surface area (Å²) in [5, 5.41) is 4.60. The third-order valence-electron chi connectivity index (χ3n) is 4.31. The van der Waals surface area contributed by atoms with Crippen molar-refractivity contribution in [3.63, 3.8) is 0 Å². The molecule has 0 aliphatic heterocycles. The highest BCUT2D eigenvalue weighted by atomic mass is 15.3. The minimum absolute atomic E-state index is 0.769. The van der Waals surface area contributed by atoms with Gasteiger partial charge in [-0.15, -0.1) is 0 Å². The summed E-state index contributed by atoms with van der Waals surface area (Å²) in [4.78, 5) is 4.65. The monoisotopic (exact) mass is 325 g/mol. The van der Waals surface area contributed by atoms with E-state index in [1.54, 1.807) is 0 Å². The van der Waals surface area contributed by atoms with Crippen LogP contribution >= 0.6 is 0 Å². The van der Waals surface area contributed by atoms with E-state index in [4.69, 9.17) is 0 Å². The van der Waals surface area contributed by atoms with Crippen molar-refractivity contribution in [1.82, 2.24) is 14.8 Å². The van der Waals surface area contributed by atoms with Gasteiger partial charge in [-0.1, -0.05) is 72.8 Å². The Kier molecular flexibility index (Phi) is 3.90. The molecule has 122 valence electrons. The molecule has 0 saturated carbocycles. The summed E-state index contributed by atoms with van der Waals surface area (Å²) in [5.74, 6) is 1.64. The number of nitrogens with zero attached hydrogens (tertiary/aromatic N) is 3. The van der Waals surface area contributed by atoms with Gasteiger partial charge in [-0.3, -0.25) is 0 Å². The van der Waals surface area contributed by atoms with E-state index in [1.165, 1.54) is 16.7 Å². The molecule has 25 heavy (non-hydrogen) atoms. The highest BCUT2D eigenvalue weighted by Crippen LogP contribution is 2.26. The second-order valence-corrected chi connectivity index (χ2v) is 6.12. The molecule has 3 aromatic carbocycles. The maximum absolute atomic E-state index is 4.65. The summed E-state index contributed by atoms with van der Waals surface area (Å²) < 4.78 is 1.93. The quantitative estimate of drug-likeness (QED) is 0.517. The third-order valence-corrected chi connectivity index (χ3v) is 4.31. The molecule has 1 heterocycles. The van der Waals surface area contributed by atoms with Crippen LogP contribution in [0.25, 0.3) is 28.2 Å². The van der Waals surface area contributed by atoms with Crippen molar-refractivity contribution in [1.29, 1.82) is 0 Å². The molecule has 1 aromatic heterocycles. The van der Waals surface area contributed by atoms with E-state index in [9.17, 15) is 0 Å². The first kappa shape index (κ1) is 15.3. The van der Waals surface area contributed by atoms with Crippen LogP contribution in [-0.4, -0.2) is 14.8 Å². The lowest BCUT2D eigenvalue weighted by Crippen LogP contribution is -2.01. The minimum atomic E-state index is 0.769. The van der Waals surface area contributed by atoms with Gasteiger partial charge in [0.2, 0.25) is 0 Å². The first-order valence-corrected chi connectivity index (χ1v) is 8.38. The Morgan fingerprint density at radius 2 is 1.24 bits per heavy atom. The number of aryl methyl sites for hydroxylation is 2. The molecule has 0 N–H and O–H groups in total. The number of benzene rings is 3. The van der Waals surface area contributed by atoms with Gasteiger partial charge in [0.25, 0.3) is 0 Å². The van der Waals surface area contributed by atoms with Crippen molar-refractivity contribution >= 4 is 0 Å². The Morgan fingerprint density at radius 3 is 1.96 bits per heavy atom. The smallest absolute Gasteiger partial charge is 0.163 e. The van der Waals surface area contributed by atoms with E-state index in [1.807, 2.05) is 29.8 Å². The molecule has 0 unspecified atom stereocenters.